The number of hydrogen-bond acceptors (Lipinski definition) is 3. The van der Waals surface area contributed by atoms with E-state index in [0.29, 0.717) is 12.2 Å². The standard InChI is InChI=1S/C13H16O3/c1-4-5-8-6-11-9(7-10(8)14)13(2,3)12(15)16-11/h4,6-7,12,14-15H,1,5H2,2-3H3/t12-/m0/s1. The highest BCUT2D eigenvalue weighted by molar-refractivity contribution is 5.52. The van der Waals surface area contributed by atoms with Crippen molar-refractivity contribution >= 4 is 0 Å². The summed E-state index contributed by atoms with van der Waals surface area (Å²) < 4.78 is 5.37. The molecule has 0 amide bonds. The molecule has 0 unspecified atom stereocenters. The molecule has 86 valence electrons. The lowest BCUT2D eigenvalue weighted by Gasteiger charge is -2.20. The van der Waals surface area contributed by atoms with Gasteiger partial charge in [-0.05, 0) is 32.4 Å². The van der Waals surface area contributed by atoms with E-state index in [1.807, 2.05) is 13.8 Å². The minimum atomic E-state index is -0.860. The van der Waals surface area contributed by atoms with Crippen molar-refractivity contribution in [2.75, 3.05) is 0 Å². The summed E-state index contributed by atoms with van der Waals surface area (Å²) in [5, 5.41) is 19.6. The summed E-state index contributed by atoms with van der Waals surface area (Å²) in [6.45, 7) is 7.40. The molecule has 1 aromatic rings. The first-order chi connectivity index (χ1) is 7.46. The number of benzene rings is 1. The van der Waals surface area contributed by atoms with E-state index in [9.17, 15) is 10.2 Å². The third-order valence-electron chi connectivity index (χ3n) is 3.10. The van der Waals surface area contributed by atoms with Crippen molar-refractivity contribution < 1.29 is 14.9 Å². The van der Waals surface area contributed by atoms with Gasteiger partial charge >= 0.3 is 0 Å². The van der Waals surface area contributed by atoms with E-state index in [1.54, 1.807) is 18.2 Å². The van der Waals surface area contributed by atoms with Gasteiger partial charge in [0.05, 0.1) is 5.41 Å². The first-order valence-electron chi connectivity index (χ1n) is 5.29. The van der Waals surface area contributed by atoms with Crippen LogP contribution in [-0.4, -0.2) is 16.5 Å². The summed E-state index contributed by atoms with van der Waals surface area (Å²) in [4.78, 5) is 0. The molecule has 0 saturated carbocycles. The van der Waals surface area contributed by atoms with Gasteiger partial charge in [0.25, 0.3) is 0 Å². The number of allylic oxidation sites excluding steroid dienone is 1. The molecule has 1 aliphatic rings. The molecule has 2 rings (SSSR count). The van der Waals surface area contributed by atoms with E-state index in [0.717, 1.165) is 11.1 Å². The van der Waals surface area contributed by atoms with Crippen LogP contribution in [0.2, 0.25) is 0 Å². The van der Waals surface area contributed by atoms with E-state index in [1.165, 1.54) is 0 Å². The van der Waals surface area contributed by atoms with Gasteiger partial charge in [-0.25, -0.2) is 0 Å². The summed E-state index contributed by atoms with van der Waals surface area (Å²) in [6, 6.07) is 3.44. The molecule has 0 radical (unpaired) electrons. The van der Waals surface area contributed by atoms with Gasteiger partial charge < -0.3 is 14.9 Å². The fraction of sp³-hybridized carbons (Fsp3) is 0.385. The Morgan fingerprint density at radius 1 is 1.50 bits per heavy atom. The van der Waals surface area contributed by atoms with Gasteiger partial charge in [-0.2, -0.15) is 0 Å². The van der Waals surface area contributed by atoms with Gasteiger partial charge in [0.2, 0.25) is 6.29 Å². The van der Waals surface area contributed by atoms with Crippen molar-refractivity contribution in [3.63, 3.8) is 0 Å². The summed E-state index contributed by atoms with van der Waals surface area (Å²) >= 11 is 0. The second kappa shape index (κ2) is 3.52. The summed E-state index contributed by atoms with van der Waals surface area (Å²) in [7, 11) is 0. The molecule has 1 aromatic carbocycles. The lowest BCUT2D eigenvalue weighted by molar-refractivity contribution is -0.0450. The highest BCUT2D eigenvalue weighted by atomic mass is 16.6. The molecular formula is C13H16O3. The van der Waals surface area contributed by atoms with Crippen LogP contribution in [-0.2, 0) is 11.8 Å². The second-order valence-electron chi connectivity index (χ2n) is 4.66. The van der Waals surface area contributed by atoms with Crippen LogP contribution in [0.3, 0.4) is 0 Å². The topological polar surface area (TPSA) is 49.7 Å². The Balaban J connectivity index is 2.52. The molecule has 3 nitrogen and oxygen atoms in total. The van der Waals surface area contributed by atoms with Crippen molar-refractivity contribution in [2.45, 2.75) is 32.0 Å². The highest BCUT2D eigenvalue weighted by Gasteiger charge is 2.41. The lowest BCUT2D eigenvalue weighted by Crippen LogP contribution is -2.31. The zero-order valence-electron chi connectivity index (χ0n) is 9.53. The molecule has 0 fully saturated rings. The molecule has 16 heavy (non-hydrogen) atoms. The van der Waals surface area contributed by atoms with E-state index in [-0.39, 0.29) is 5.75 Å². The number of phenolic OH excluding ortho intramolecular Hbond substituents is 1. The number of aliphatic hydroxyl groups is 1. The molecule has 0 aliphatic carbocycles. The van der Waals surface area contributed by atoms with Crippen molar-refractivity contribution in [2.24, 2.45) is 0 Å². The summed E-state index contributed by atoms with van der Waals surface area (Å²) in [5.41, 5.74) is 1.11. The SMILES string of the molecule is C=CCc1cc2c(cc1O)C(C)(C)[C@@H](O)O2. The average molecular weight is 220 g/mol. The van der Waals surface area contributed by atoms with Crippen LogP contribution in [0.25, 0.3) is 0 Å². The first kappa shape index (κ1) is 11.0. The molecule has 0 aromatic heterocycles. The van der Waals surface area contributed by atoms with Gasteiger partial charge in [0.1, 0.15) is 11.5 Å². The van der Waals surface area contributed by atoms with Gasteiger partial charge in [-0.15, -0.1) is 6.58 Å². The number of hydrogen-bond donors (Lipinski definition) is 2. The average Bonchev–Trinajstić information content (AvgIpc) is 2.41. The van der Waals surface area contributed by atoms with Crippen LogP contribution >= 0.6 is 0 Å². The smallest absolute Gasteiger partial charge is 0.206 e. The second-order valence-corrected chi connectivity index (χ2v) is 4.66. The number of ether oxygens (including phenoxy) is 1. The van der Waals surface area contributed by atoms with E-state index >= 15 is 0 Å². The van der Waals surface area contributed by atoms with Crippen LogP contribution in [0.5, 0.6) is 11.5 Å². The molecule has 1 heterocycles. The Morgan fingerprint density at radius 3 is 2.81 bits per heavy atom. The van der Waals surface area contributed by atoms with Gasteiger partial charge in [0.15, 0.2) is 0 Å². The fourth-order valence-electron chi connectivity index (χ4n) is 1.93. The molecule has 1 atom stereocenters. The minimum absolute atomic E-state index is 0.226. The van der Waals surface area contributed by atoms with Crippen molar-refractivity contribution in [3.8, 4) is 11.5 Å². The predicted molar refractivity (Wildman–Crippen MR) is 61.7 cm³/mol. The molecule has 0 bridgehead atoms. The maximum absolute atomic E-state index is 9.84. The highest BCUT2D eigenvalue weighted by Crippen LogP contribution is 2.44. The third kappa shape index (κ3) is 1.48. The van der Waals surface area contributed by atoms with Crippen molar-refractivity contribution in [1.29, 1.82) is 0 Å². The van der Waals surface area contributed by atoms with Gasteiger partial charge in [-0.3, -0.25) is 0 Å². The van der Waals surface area contributed by atoms with Gasteiger partial charge in [-0.1, -0.05) is 6.08 Å². The molecular weight excluding hydrogens is 204 g/mol. The maximum Gasteiger partial charge on any atom is 0.206 e. The number of aliphatic hydroxyl groups excluding tert-OH is 1. The predicted octanol–water partition coefficient (Wildman–Crippen LogP) is 2.11. The van der Waals surface area contributed by atoms with Gasteiger partial charge in [0, 0.05) is 11.1 Å². The fourth-order valence-corrected chi connectivity index (χ4v) is 1.93. The maximum atomic E-state index is 9.84. The van der Waals surface area contributed by atoms with E-state index in [4.69, 9.17) is 4.74 Å². The van der Waals surface area contributed by atoms with Crippen LogP contribution in [0, 0.1) is 0 Å². The molecule has 2 N–H and O–H groups in total. The Hall–Kier alpha value is -1.48. The Kier molecular flexibility index (Phi) is 2.43. The van der Waals surface area contributed by atoms with Crippen molar-refractivity contribution in [3.05, 3.63) is 35.9 Å². The Morgan fingerprint density at radius 2 is 2.19 bits per heavy atom. The largest absolute Gasteiger partial charge is 0.508 e. The summed E-state index contributed by atoms with van der Waals surface area (Å²) in [5.74, 6) is 0.872. The Bertz CT molecular complexity index is 435. The molecule has 3 heteroatoms. The third-order valence-corrected chi connectivity index (χ3v) is 3.10. The van der Waals surface area contributed by atoms with Crippen LogP contribution in [0.15, 0.2) is 24.8 Å². The quantitative estimate of drug-likeness (QED) is 0.750. The van der Waals surface area contributed by atoms with E-state index in [2.05, 4.69) is 6.58 Å². The minimum Gasteiger partial charge on any atom is -0.508 e. The zero-order chi connectivity index (χ0) is 11.9. The zero-order valence-corrected chi connectivity index (χ0v) is 9.53. The monoisotopic (exact) mass is 220 g/mol. The summed E-state index contributed by atoms with van der Waals surface area (Å²) in [6.07, 6.45) is 1.44. The number of rotatable bonds is 2. The Labute approximate surface area is 95.0 Å². The number of fused-ring (bicyclic) bond motifs is 1. The lowest BCUT2D eigenvalue weighted by atomic mass is 9.85. The van der Waals surface area contributed by atoms with Crippen LogP contribution in [0.4, 0.5) is 0 Å². The van der Waals surface area contributed by atoms with Crippen LogP contribution < -0.4 is 4.74 Å². The molecule has 1 aliphatic heterocycles. The molecule has 0 spiro atoms. The van der Waals surface area contributed by atoms with Crippen LogP contribution in [0.1, 0.15) is 25.0 Å². The van der Waals surface area contributed by atoms with E-state index < -0.39 is 11.7 Å². The normalized spacial score (nSPS) is 21.3. The molecule has 0 saturated heterocycles. The van der Waals surface area contributed by atoms with Crippen molar-refractivity contribution in [1.82, 2.24) is 0 Å². The number of aromatic hydroxyl groups is 1. The number of phenols is 1. The first-order valence-corrected chi connectivity index (χ1v) is 5.29.